The molecule has 1 aromatic carbocycles. The molecule has 1 atom stereocenters. The minimum atomic E-state index is -0.527. The summed E-state index contributed by atoms with van der Waals surface area (Å²) in [4.78, 5) is 25.5. The second-order valence-corrected chi connectivity index (χ2v) is 6.06. The van der Waals surface area contributed by atoms with Gasteiger partial charge in [0.15, 0.2) is 0 Å². The van der Waals surface area contributed by atoms with Crippen molar-refractivity contribution in [2.45, 2.75) is 26.3 Å². The second-order valence-electron chi connectivity index (χ2n) is 6.06. The van der Waals surface area contributed by atoms with E-state index >= 15 is 0 Å². The Morgan fingerprint density at radius 3 is 2.55 bits per heavy atom. The molecule has 1 aromatic rings. The molecule has 2 rings (SSSR count). The van der Waals surface area contributed by atoms with Crippen LogP contribution >= 0.6 is 0 Å². The predicted molar refractivity (Wildman–Crippen MR) is 77.2 cm³/mol. The third kappa shape index (κ3) is 2.82. The zero-order valence-corrected chi connectivity index (χ0v) is 11.9. The number of nitrogens with two attached hydrogens (primary N) is 2. The summed E-state index contributed by atoms with van der Waals surface area (Å²) in [6.07, 6.45) is 0.786. The first-order valence-electron chi connectivity index (χ1n) is 6.76. The molecule has 0 radical (unpaired) electrons. The Morgan fingerprint density at radius 1 is 1.30 bits per heavy atom. The van der Waals surface area contributed by atoms with Gasteiger partial charge in [0.25, 0.3) is 5.91 Å². The molecule has 5 nitrogen and oxygen atoms in total. The van der Waals surface area contributed by atoms with Crippen molar-refractivity contribution < 1.29 is 9.59 Å². The van der Waals surface area contributed by atoms with Crippen LogP contribution in [0.2, 0.25) is 0 Å². The molecule has 1 heterocycles. The lowest BCUT2D eigenvalue weighted by Crippen LogP contribution is -2.54. The van der Waals surface area contributed by atoms with E-state index in [-0.39, 0.29) is 17.4 Å². The van der Waals surface area contributed by atoms with Gasteiger partial charge in [0.05, 0.1) is 0 Å². The Hall–Kier alpha value is -1.88. The number of nitrogens with zero attached hydrogens (tertiary/aromatic N) is 1. The van der Waals surface area contributed by atoms with Crippen molar-refractivity contribution in [1.82, 2.24) is 4.90 Å². The van der Waals surface area contributed by atoms with E-state index in [1.54, 1.807) is 29.2 Å². The van der Waals surface area contributed by atoms with Gasteiger partial charge in [-0.3, -0.25) is 9.59 Å². The average molecular weight is 275 g/mol. The number of amides is 2. The maximum absolute atomic E-state index is 12.5. The topological polar surface area (TPSA) is 89.4 Å². The monoisotopic (exact) mass is 275 g/mol. The summed E-state index contributed by atoms with van der Waals surface area (Å²) in [6.45, 7) is 5.39. The number of rotatable bonds is 2. The standard InChI is InChI=1S/C15H21N3O2/c1-15(2)9-18(7-6-12(15)16)14(20)11-5-3-4-10(8-11)13(17)19/h3-5,8,12H,6-7,9,16H2,1-2H3,(H2,17,19). The Balaban J connectivity index is 2.20. The molecule has 1 aliphatic heterocycles. The normalized spacial score (nSPS) is 21.6. The number of hydrogen-bond donors (Lipinski definition) is 2. The van der Waals surface area contributed by atoms with Gasteiger partial charge in [-0.05, 0) is 30.0 Å². The highest BCUT2D eigenvalue weighted by Crippen LogP contribution is 2.28. The molecular formula is C15H21N3O2. The van der Waals surface area contributed by atoms with Gasteiger partial charge in [0, 0.05) is 30.3 Å². The van der Waals surface area contributed by atoms with Crippen LogP contribution in [0.15, 0.2) is 24.3 Å². The molecule has 20 heavy (non-hydrogen) atoms. The molecule has 1 saturated heterocycles. The van der Waals surface area contributed by atoms with Gasteiger partial charge in [0.1, 0.15) is 0 Å². The summed E-state index contributed by atoms with van der Waals surface area (Å²) in [5.74, 6) is -0.603. The first-order chi connectivity index (χ1) is 9.31. The van der Waals surface area contributed by atoms with E-state index in [2.05, 4.69) is 13.8 Å². The number of carbonyl (C=O) groups is 2. The lowest BCUT2D eigenvalue weighted by molar-refractivity contribution is 0.0533. The number of primary amides is 1. The SMILES string of the molecule is CC1(C)CN(C(=O)c2cccc(C(N)=O)c2)CCC1N. The predicted octanol–water partition coefficient (Wildman–Crippen LogP) is 0.985. The van der Waals surface area contributed by atoms with Gasteiger partial charge >= 0.3 is 0 Å². The molecule has 1 fully saturated rings. The Bertz CT molecular complexity index is 540. The highest BCUT2D eigenvalue weighted by atomic mass is 16.2. The van der Waals surface area contributed by atoms with Gasteiger partial charge in [-0.2, -0.15) is 0 Å². The van der Waals surface area contributed by atoms with E-state index in [1.165, 1.54) is 0 Å². The van der Waals surface area contributed by atoms with Crippen molar-refractivity contribution >= 4 is 11.8 Å². The molecule has 2 amide bonds. The maximum Gasteiger partial charge on any atom is 0.253 e. The summed E-state index contributed by atoms with van der Waals surface area (Å²) >= 11 is 0. The maximum atomic E-state index is 12.5. The lowest BCUT2D eigenvalue weighted by atomic mass is 9.79. The lowest BCUT2D eigenvalue weighted by Gasteiger charge is -2.42. The highest BCUT2D eigenvalue weighted by molar-refractivity contribution is 5.99. The molecule has 0 bridgehead atoms. The third-order valence-corrected chi connectivity index (χ3v) is 3.99. The molecule has 1 unspecified atom stereocenters. The summed E-state index contributed by atoms with van der Waals surface area (Å²) < 4.78 is 0. The fraction of sp³-hybridized carbons (Fsp3) is 0.467. The largest absolute Gasteiger partial charge is 0.366 e. The third-order valence-electron chi connectivity index (χ3n) is 3.99. The van der Waals surface area contributed by atoms with E-state index < -0.39 is 5.91 Å². The second kappa shape index (κ2) is 5.25. The van der Waals surface area contributed by atoms with Crippen molar-refractivity contribution in [3.8, 4) is 0 Å². The molecule has 0 aromatic heterocycles. The van der Waals surface area contributed by atoms with Crippen molar-refractivity contribution in [1.29, 1.82) is 0 Å². The van der Waals surface area contributed by atoms with Gasteiger partial charge in [0.2, 0.25) is 5.91 Å². The first kappa shape index (κ1) is 14.5. The zero-order valence-electron chi connectivity index (χ0n) is 11.9. The molecular weight excluding hydrogens is 254 g/mol. The average Bonchev–Trinajstić information content (AvgIpc) is 2.41. The van der Waals surface area contributed by atoms with Crippen LogP contribution in [0.25, 0.3) is 0 Å². The molecule has 0 spiro atoms. The quantitative estimate of drug-likeness (QED) is 0.843. The zero-order chi connectivity index (χ0) is 14.9. The fourth-order valence-electron chi connectivity index (χ4n) is 2.54. The van der Waals surface area contributed by atoms with Crippen molar-refractivity contribution in [2.75, 3.05) is 13.1 Å². The van der Waals surface area contributed by atoms with Crippen LogP contribution in [0.3, 0.4) is 0 Å². The Kier molecular flexibility index (Phi) is 3.81. The van der Waals surface area contributed by atoms with Crippen LogP contribution in [0, 0.1) is 5.41 Å². The number of benzene rings is 1. The first-order valence-corrected chi connectivity index (χ1v) is 6.76. The number of likely N-dealkylation sites (tertiary alicyclic amines) is 1. The number of carbonyl (C=O) groups excluding carboxylic acids is 2. The van der Waals surface area contributed by atoms with E-state index in [0.29, 0.717) is 24.2 Å². The number of hydrogen-bond acceptors (Lipinski definition) is 3. The molecule has 0 saturated carbocycles. The number of piperidine rings is 1. The van der Waals surface area contributed by atoms with Crippen LogP contribution in [0.5, 0.6) is 0 Å². The van der Waals surface area contributed by atoms with Gasteiger partial charge in [-0.1, -0.05) is 19.9 Å². The minimum absolute atomic E-state index is 0.0759. The van der Waals surface area contributed by atoms with Crippen LogP contribution in [0.1, 0.15) is 41.0 Å². The van der Waals surface area contributed by atoms with Crippen molar-refractivity contribution in [2.24, 2.45) is 16.9 Å². The Labute approximate surface area is 118 Å². The van der Waals surface area contributed by atoms with E-state index in [9.17, 15) is 9.59 Å². The summed E-state index contributed by atoms with van der Waals surface area (Å²) in [7, 11) is 0. The highest BCUT2D eigenvalue weighted by Gasteiger charge is 2.35. The molecule has 4 N–H and O–H groups in total. The summed E-state index contributed by atoms with van der Waals surface area (Å²) in [5, 5.41) is 0. The fourth-order valence-corrected chi connectivity index (χ4v) is 2.54. The smallest absolute Gasteiger partial charge is 0.253 e. The van der Waals surface area contributed by atoms with E-state index in [1.807, 2.05) is 0 Å². The molecule has 108 valence electrons. The minimum Gasteiger partial charge on any atom is -0.366 e. The summed E-state index contributed by atoms with van der Waals surface area (Å²) in [6, 6.07) is 6.63. The van der Waals surface area contributed by atoms with Gasteiger partial charge < -0.3 is 16.4 Å². The van der Waals surface area contributed by atoms with Crippen LogP contribution in [0.4, 0.5) is 0 Å². The van der Waals surface area contributed by atoms with Crippen molar-refractivity contribution in [3.63, 3.8) is 0 Å². The van der Waals surface area contributed by atoms with Crippen LogP contribution < -0.4 is 11.5 Å². The molecule has 5 heteroatoms. The van der Waals surface area contributed by atoms with Gasteiger partial charge in [-0.15, -0.1) is 0 Å². The van der Waals surface area contributed by atoms with E-state index in [4.69, 9.17) is 11.5 Å². The van der Waals surface area contributed by atoms with E-state index in [0.717, 1.165) is 6.42 Å². The van der Waals surface area contributed by atoms with Crippen LogP contribution in [-0.4, -0.2) is 35.8 Å². The Morgan fingerprint density at radius 2 is 1.95 bits per heavy atom. The molecule has 1 aliphatic rings. The van der Waals surface area contributed by atoms with Crippen LogP contribution in [-0.2, 0) is 0 Å². The van der Waals surface area contributed by atoms with Crippen molar-refractivity contribution in [3.05, 3.63) is 35.4 Å². The summed E-state index contributed by atoms with van der Waals surface area (Å²) in [5.41, 5.74) is 12.1. The van der Waals surface area contributed by atoms with Gasteiger partial charge in [-0.25, -0.2) is 0 Å². The molecule has 0 aliphatic carbocycles.